The van der Waals surface area contributed by atoms with Gasteiger partial charge in [0.2, 0.25) is 5.43 Å². The van der Waals surface area contributed by atoms with Crippen molar-refractivity contribution in [3.05, 3.63) is 70.0 Å². The van der Waals surface area contributed by atoms with E-state index in [1.807, 2.05) is 41.0 Å². The van der Waals surface area contributed by atoms with Crippen molar-refractivity contribution < 1.29 is 4.79 Å². The van der Waals surface area contributed by atoms with E-state index in [1.165, 1.54) is 5.56 Å². The van der Waals surface area contributed by atoms with Gasteiger partial charge < -0.3 is 19.7 Å². The summed E-state index contributed by atoms with van der Waals surface area (Å²) in [6.45, 7) is 8.26. The molecule has 6 heteroatoms. The van der Waals surface area contributed by atoms with Crippen LogP contribution in [0.1, 0.15) is 22.8 Å². The number of para-hydroxylation sites is 1. The topological polar surface area (TPSA) is 57.6 Å². The van der Waals surface area contributed by atoms with E-state index in [-0.39, 0.29) is 16.9 Å². The molecule has 1 aromatic heterocycles. The molecule has 0 spiro atoms. The second-order valence-electron chi connectivity index (χ2n) is 8.05. The van der Waals surface area contributed by atoms with Crippen LogP contribution < -0.4 is 15.6 Å². The number of anilines is 2. The van der Waals surface area contributed by atoms with Gasteiger partial charge in [-0.1, -0.05) is 19.1 Å². The Morgan fingerprint density at radius 2 is 1.77 bits per heavy atom. The first-order valence-corrected chi connectivity index (χ1v) is 10.7. The summed E-state index contributed by atoms with van der Waals surface area (Å²) in [4.78, 5) is 30.6. The largest absolute Gasteiger partial charge is 0.369 e. The maximum Gasteiger partial charge on any atom is 0.261 e. The van der Waals surface area contributed by atoms with Crippen LogP contribution in [-0.4, -0.2) is 48.1 Å². The minimum absolute atomic E-state index is 0.196. The van der Waals surface area contributed by atoms with Crippen molar-refractivity contribution in [1.82, 2.24) is 9.47 Å². The minimum Gasteiger partial charge on any atom is -0.369 e. The number of hydrogen-bond acceptors (Lipinski definition) is 4. The number of hydrogen-bond donors (Lipinski definition) is 1. The van der Waals surface area contributed by atoms with Crippen LogP contribution in [0.4, 0.5) is 11.4 Å². The Kier molecular flexibility index (Phi) is 4.79. The molecule has 1 saturated heterocycles. The molecule has 2 aromatic carbocycles. The molecule has 0 saturated carbocycles. The number of carbonyl (C=O) groups excluding carboxylic acids is 1. The third-order valence-electron chi connectivity index (χ3n) is 6.36. The maximum atomic E-state index is 12.9. The van der Waals surface area contributed by atoms with E-state index in [1.54, 1.807) is 6.20 Å². The van der Waals surface area contributed by atoms with Crippen molar-refractivity contribution in [3.8, 4) is 0 Å². The van der Waals surface area contributed by atoms with Crippen molar-refractivity contribution in [1.29, 1.82) is 0 Å². The van der Waals surface area contributed by atoms with E-state index in [9.17, 15) is 9.59 Å². The van der Waals surface area contributed by atoms with E-state index < -0.39 is 0 Å². The van der Waals surface area contributed by atoms with Crippen LogP contribution in [0.2, 0.25) is 0 Å². The average molecular weight is 402 g/mol. The minimum atomic E-state index is -0.354. The van der Waals surface area contributed by atoms with E-state index in [0.717, 1.165) is 56.9 Å². The highest BCUT2D eigenvalue weighted by Crippen LogP contribution is 2.24. The normalized spacial score (nSPS) is 16.2. The molecule has 5 rings (SSSR count). The van der Waals surface area contributed by atoms with E-state index in [0.29, 0.717) is 11.1 Å². The molecule has 2 aliphatic rings. The molecule has 154 valence electrons. The van der Waals surface area contributed by atoms with Crippen LogP contribution in [0.15, 0.2) is 53.5 Å². The first-order chi connectivity index (χ1) is 14.6. The number of piperazine rings is 1. The summed E-state index contributed by atoms with van der Waals surface area (Å²) >= 11 is 0. The molecule has 1 N–H and O–H groups in total. The second kappa shape index (κ2) is 7.61. The Hall–Kier alpha value is -3.12. The number of aryl methyl sites for hydroxylation is 2. The molecular weight excluding hydrogens is 376 g/mol. The summed E-state index contributed by atoms with van der Waals surface area (Å²) in [6, 6.07) is 13.7. The average Bonchev–Trinajstić information content (AvgIpc) is 3.21. The van der Waals surface area contributed by atoms with Gasteiger partial charge >= 0.3 is 0 Å². The van der Waals surface area contributed by atoms with Gasteiger partial charge in [-0.05, 0) is 48.9 Å². The SMILES string of the molecule is CCN1CCN(c2ccc(NC(=O)c3cn4c5c(cccc5c3=O)CC4)cc2)CC1. The molecule has 30 heavy (non-hydrogen) atoms. The molecule has 0 aliphatic carbocycles. The summed E-state index contributed by atoms with van der Waals surface area (Å²) in [6.07, 6.45) is 2.61. The summed E-state index contributed by atoms with van der Waals surface area (Å²) in [5.74, 6) is -0.354. The van der Waals surface area contributed by atoms with E-state index >= 15 is 0 Å². The lowest BCUT2D eigenvalue weighted by molar-refractivity contribution is 0.102. The van der Waals surface area contributed by atoms with E-state index in [2.05, 4.69) is 28.1 Å². The van der Waals surface area contributed by atoms with Crippen LogP contribution in [0.25, 0.3) is 10.9 Å². The third kappa shape index (κ3) is 3.27. The number of likely N-dealkylation sites (N-methyl/N-ethyl adjacent to an activating group) is 1. The summed E-state index contributed by atoms with van der Waals surface area (Å²) in [5.41, 5.74) is 3.99. The maximum absolute atomic E-state index is 12.9. The Morgan fingerprint density at radius 1 is 1.00 bits per heavy atom. The van der Waals surface area contributed by atoms with Crippen LogP contribution in [0.3, 0.4) is 0 Å². The van der Waals surface area contributed by atoms with Crippen molar-refractivity contribution in [3.63, 3.8) is 0 Å². The second-order valence-corrected chi connectivity index (χ2v) is 8.05. The van der Waals surface area contributed by atoms with Crippen molar-refractivity contribution in [2.75, 3.05) is 42.9 Å². The van der Waals surface area contributed by atoms with Crippen LogP contribution in [0, 0.1) is 0 Å². The van der Waals surface area contributed by atoms with Crippen molar-refractivity contribution >= 4 is 28.2 Å². The lowest BCUT2D eigenvalue weighted by Gasteiger charge is -2.35. The van der Waals surface area contributed by atoms with Crippen LogP contribution in [0.5, 0.6) is 0 Å². The number of nitrogens with zero attached hydrogens (tertiary/aromatic N) is 3. The number of rotatable bonds is 4. The molecule has 0 radical (unpaired) electrons. The Balaban J connectivity index is 1.34. The zero-order valence-electron chi connectivity index (χ0n) is 17.2. The molecule has 1 amide bonds. The van der Waals surface area contributed by atoms with Gasteiger partial charge in [0.25, 0.3) is 5.91 Å². The smallest absolute Gasteiger partial charge is 0.261 e. The molecule has 1 fully saturated rings. The van der Waals surface area contributed by atoms with Gasteiger partial charge in [0.1, 0.15) is 5.56 Å². The number of carbonyl (C=O) groups is 1. The van der Waals surface area contributed by atoms with Crippen molar-refractivity contribution in [2.24, 2.45) is 0 Å². The lowest BCUT2D eigenvalue weighted by atomic mass is 10.1. The number of aromatic nitrogens is 1. The van der Waals surface area contributed by atoms with E-state index in [4.69, 9.17) is 0 Å². The predicted octanol–water partition coefficient (Wildman–Crippen LogP) is 2.95. The van der Waals surface area contributed by atoms with Gasteiger partial charge in [0.15, 0.2) is 0 Å². The van der Waals surface area contributed by atoms with Crippen LogP contribution >= 0.6 is 0 Å². The Labute approximate surface area is 175 Å². The Morgan fingerprint density at radius 3 is 2.50 bits per heavy atom. The van der Waals surface area contributed by atoms with Gasteiger partial charge in [-0.25, -0.2) is 0 Å². The predicted molar refractivity (Wildman–Crippen MR) is 121 cm³/mol. The number of amides is 1. The van der Waals surface area contributed by atoms with Gasteiger partial charge in [-0.2, -0.15) is 0 Å². The number of pyridine rings is 1. The molecule has 6 nitrogen and oxygen atoms in total. The highest BCUT2D eigenvalue weighted by molar-refractivity contribution is 6.06. The molecule has 0 atom stereocenters. The molecule has 2 aliphatic heterocycles. The molecule has 3 heterocycles. The Bertz CT molecular complexity index is 1160. The van der Waals surface area contributed by atoms with Gasteiger partial charge in [-0.3, -0.25) is 9.59 Å². The molecule has 3 aromatic rings. The van der Waals surface area contributed by atoms with Gasteiger partial charge in [0.05, 0.1) is 5.52 Å². The molecule has 0 unspecified atom stereocenters. The lowest BCUT2D eigenvalue weighted by Crippen LogP contribution is -2.46. The number of benzene rings is 2. The fourth-order valence-electron chi connectivity index (χ4n) is 4.59. The van der Waals surface area contributed by atoms with Crippen molar-refractivity contribution in [2.45, 2.75) is 19.9 Å². The summed E-state index contributed by atoms with van der Waals surface area (Å²) in [7, 11) is 0. The molecule has 0 bridgehead atoms. The van der Waals surface area contributed by atoms with Gasteiger partial charge in [0, 0.05) is 55.7 Å². The summed E-state index contributed by atoms with van der Waals surface area (Å²) in [5, 5.41) is 3.52. The third-order valence-corrected chi connectivity index (χ3v) is 6.36. The fourth-order valence-corrected chi connectivity index (χ4v) is 4.59. The first kappa shape index (κ1) is 18.9. The first-order valence-electron chi connectivity index (χ1n) is 10.7. The fraction of sp³-hybridized carbons (Fsp3) is 0.333. The van der Waals surface area contributed by atoms with Gasteiger partial charge in [-0.15, -0.1) is 0 Å². The highest BCUT2D eigenvalue weighted by atomic mass is 16.2. The zero-order valence-corrected chi connectivity index (χ0v) is 17.2. The monoisotopic (exact) mass is 402 g/mol. The highest BCUT2D eigenvalue weighted by Gasteiger charge is 2.21. The van der Waals surface area contributed by atoms with Crippen LogP contribution in [-0.2, 0) is 13.0 Å². The standard InChI is InChI=1S/C24H26N4O2/c1-2-26-12-14-27(15-13-26)19-8-6-18(7-9-19)25-24(30)21-16-28-11-10-17-4-3-5-20(22(17)28)23(21)29/h3-9,16H,2,10-15H2,1H3,(H,25,30). The zero-order chi connectivity index (χ0) is 20.7. The summed E-state index contributed by atoms with van der Waals surface area (Å²) < 4.78 is 2.03. The quantitative estimate of drug-likeness (QED) is 0.729. The number of nitrogens with one attached hydrogen (secondary N) is 1. The molecular formula is C24H26N4O2.